The lowest BCUT2D eigenvalue weighted by Crippen LogP contribution is -2.32. The first-order chi connectivity index (χ1) is 15.0. The molecular formula is C24H23ClN4O2. The molecule has 4 rings (SSSR count). The maximum Gasteiger partial charge on any atom is 0.330 e. The largest absolute Gasteiger partial charge is 0.354 e. The van der Waals surface area contributed by atoms with E-state index in [0.717, 1.165) is 16.6 Å². The molecule has 0 aliphatic carbocycles. The summed E-state index contributed by atoms with van der Waals surface area (Å²) in [7, 11) is 0. The van der Waals surface area contributed by atoms with E-state index >= 15 is 0 Å². The van der Waals surface area contributed by atoms with Gasteiger partial charge in [0.05, 0.1) is 18.5 Å². The Morgan fingerprint density at radius 1 is 1.03 bits per heavy atom. The Morgan fingerprint density at radius 3 is 2.61 bits per heavy atom. The molecule has 4 aromatic rings. The van der Waals surface area contributed by atoms with Crippen LogP contribution in [0.3, 0.4) is 0 Å². The molecule has 2 aromatic heterocycles. The first kappa shape index (κ1) is 20.9. The Balaban J connectivity index is 1.49. The second kappa shape index (κ2) is 9.18. The monoisotopic (exact) mass is 434 g/mol. The molecule has 0 saturated heterocycles. The number of hydrogen-bond acceptors (Lipinski definition) is 3. The number of fused-ring (bicyclic) bond motifs is 1. The van der Waals surface area contributed by atoms with Crippen molar-refractivity contribution in [1.29, 1.82) is 0 Å². The van der Waals surface area contributed by atoms with Crippen molar-refractivity contribution in [2.75, 3.05) is 6.54 Å². The van der Waals surface area contributed by atoms with Gasteiger partial charge < -0.3 is 5.32 Å². The van der Waals surface area contributed by atoms with E-state index in [-0.39, 0.29) is 18.0 Å². The van der Waals surface area contributed by atoms with Crippen molar-refractivity contribution in [3.63, 3.8) is 0 Å². The third-order valence-electron chi connectivity index (χ3n) is 5.15. The van der Waals surface area contributed by atoms with Gasteiger partial charge in [-0.2, -0.15) is 0 Å². The first-order valence-corrected chi connectivity index (χ1v) is 10.5. The van der Waals surface area contributed by atoms with Crippen molar-refractivity contribution in [2.45, 2.75) is 26.4 Å². The number of amides is 1. The molecule has 1 N–H and O–H groups in total. The zero-order valence-electron chi connectivity index (χ0n) is 17.2. The number of halogens is 1. The smallest absolute Gasteiger partial charge is 0.330 e. The fourth-order valence-electron chi connectivity index (χ4n) is 3.58. The molecule has 0 radical (unpaired) electrons. The molecule has 0 unspecified atom stereocenters. The SMILES string of the molecule is Cc1ccc(Cn2c(=O)n(CCNC(=O)Cc3cccc(Cl)c3)c3ncccc32)cc1. The summed E-state index contributed by atoms with van der Waals surface area (Å²) in [6.07, 6.45) is 1.91. The number of nitrogens with zero attached hydrogens (tertiary/aromatic N) is 3. The number of imidazole rings is 1. The van der Waals surface area contributed by atoms with E-state index in [0.29, 0.717) is 30.3 Å². The highest BCUT2D eigenvalue weighted by Crippen LogP contribution is 2.13. The van der Waals surface area contributed by atoms with Crippen LogP contribution in [-0.4, -0.2) is 26.6 Å². The maximum atomic E-state index is 13.1. The molecule has 31 heavy (non-hydrogen) atoms. The number of pyridine rings is 1. The molecule has 0 fully saturated rings. The lowest BCUT2D eigenvalue weighted by atomic mass is 10.1. The Morgan fingerprint density at radius 2 is 1.84 bits per heavy atom. The zero-order chi connectivity index (χ0) is 21.8. The van der Waals surface area contributed by atoms with E-state index in [4.69, 9.17) is 11.6 Å². The summed E-state index contributed by atoms with van der Waals surface area (Å²) in [6.45, 7) is 3.18. The Bertz CT molecular complexity index is 1270. The van der Waals surface area contributed by atoms with Crippen LogP contribution in [-0.2, 0) is 24.3 Å². The second-order valence-electron chi connectivity index (χ2n) is 7.51. The van der Waals surface area contributed by atoms with Crippen LogP contribution in [0.15, 0.2) is 71.7 Å². The zero-order valence-corrected chi connectivity index (χ0v) is 18.0. The van der Waals surface area contributed by atoms with Gasteiger partial charge in [0.2, 0.25) is 5.91 Å². The Kier molecular flexibility index (Phi) is 6.18. The van der Waals surface area contributed by atoms with Crippen molar-refractivity contribution < 1.29 is 4.79 Å². The summed E-state index contributed by atoms with van der Waals surface area (Å²) in [5.74, 6) is -0.119. The molecule has 0 aliphatic rings. The maximum absolute atomic E-state index is 13.1. The van der Waals surface area contributed by atoms with Crippen molar-refractivity contribution in [3.05, 3.63) is 99.1 Å². The molecule has 6 nitrogen and oxygen atoms in total. The minimum Gasteiger partial charge on any atom is -0.354 e. The van der Waals surface area contributed by atoms with Crippen LogP contribution in [0, 0.1) is 6.92 Å². The first-order valence-electron chi connectivity index (χ1n) is 10.1. The van der Waals surface area contributed by atoms with E-state index in [1.54, 1.807) is 27.5 Å². The number of rotatable bonds is 7. The average molecular weight is 435 g/mol. The van der Waals surface area contributed by atoms with Crippen molar-refractivity contribution in [2.24, 2.45) is 0 Å². The van der Waals surface area contributed by atoms with Gasteiger partial charge >= 0.3 is 5.69 Å². The molecule has 2 aromatic carbocycles. The van der Waals surface area contributed by atoms with Crippen LogP contribution < -0.4 is 11.0 Å². The molecular weight excluding hydrogens is 412 g/mol. The molecule has 158 valence electrons. The van der Waals surface area contributed by atoms with Gasteiger partial charge in [-0.1, -0.05) is 53.6 Å². The van der Waals surface area contributed by atoms with Crippen LogP contribution in [0.1, 0.15) is 16.7 Å². The van der Waals surface area contributed by atoms with Gasteiger partial charge in [-0.15, -0.1) is 0 Å². The predicted octanol–water partition coefficient (Wildman–Crippen LogP) is 3.57. The summed E-state index contributed by atoms with van der Waals surface area (Å²) in [6, 6.07) is 19.1. The van der Waals surface area contributed by atoms with Crippen LogP contribution in [0.4, 0.5) is 0 Å². The van der Waals surface area contributed by atoms with Crippen LogP contribution in [0.25, 0.3) is 11.2 Å². The Labute approximate surface area is 185 Å². The van der Waals surface area contributed by atoms with Crippen molar-refractivity contribution in [3.8, 4) is 0 Å². The fraction of sp³-hybridized carbons (Fsp3) is 0.208. The second-order valence-corrected chi connectivity index (χ2v) is 7.95. The number of benzene rings is 2. The van der Waals surface area contributed by atoms with Gasteiger partial charge in [0.15, 0.2) is 5.65 Å². The molecule has 0 bridgehead atoms. The highest BCUT2D eigenvalue weighted by atomic mass is 35.5. The summed E-state index contributed by atoms with van der Waals surface area (Å²) in [4.78, 5) is 29.8. The number of nitrogens with one attached hydrogen (secondary N) is 1. The molecule has 0 aliphatic heterocycles. The lowest BCUT2D eigenvalue weighted by molar-refractivity contribution is -0.120. The van der Waals surface area contributed by atoms with Gasteiger partial charge in [-0.05, 0) is 42.3 Å². The predicted molar refractivity (Wildman–Crippen MR) is 122 cm³/mol. The van der Waals surface area contributed by atoms with Crippen molar-refractivity contribution in [1.82, 2.24) is 19.4 Å². The van der Waals surface area contributed by atoms with Gasteiger partial charge in [-0.3, -0.25) is 13.9 Å². The molecule has 1 amide bonds. The lowest BCUT2D eigenvalue weighted by Gasteiger charge is -2.07. The molecule has 2 heterocycles. The summed E-state index contributed by atoms with van der Waals surface area (Å²) in [5.41, 5.74) is 4.32. The summed E-state index contributed by atoms with van der Waals surface area (Å²) < 4.78 is 3.34. The minimum atomic E-state index is -0.140. The fourth-order valence-corrected chi connectivity index (χ4v) is 3.79. The van der Waals surface area contributed by atoms with E-state index in [2.05, 4.69) is 10.3 Å². The van der Waals surface area contributed by atoms with Crippen molar-refractivity contribution >= 4 is 28.7 Å². The van der Waals surface area contributed by atoms with Gasteiger partial charge in [0, 0.05) is 24.3 Å². The van der Waals surface area contributed by atoms with Gasteiger partial charge in [-0.25, -0.2) is 9.78 Å². The van der Waals surface area contributed by atoms with Crippen LogP contribution in [0.2, 0.25) is 5.02 Å². The molecule has 7 heteroatoms. The average Bonchev–Trinajstić information content (AvgIpc) is 3.01. The molecule has 0 spiro atoms. The van der Waals surface area contributed by atoms with E-state index in [1.165, 1.54) is 5.56 Å². The third-order valence-corrected chi connectivity index (χ3v) is 5.38. The van der Waals surface area contributed by atoms with E-state index in [1.807, 2.05) is 55.5 Å². The number of hydrogen-bond donors (Lipinski definition) is 1. The summed E-state index contributed by atoms with van der Waals surface area (Å²) in [5, 5.41) is 3.48. The van der Waals surface area contributed by atoms with E-state index in [9.17, 15) is 9.59 Å². The number of carbonyl (C=O) groups is 1. The normalized spacial score (nSPS) is 11.0. The quantitative estimate of drug-likeness (QED) is 0.483. The molecule has 0 saturated carbocycles. The van der Waals surface area contributed by atoms with Crippen LogP contribution >= 0.6 is 11.6 Å². The van der Waals surface area contributed by atoms with E-state index < -0.39 is 0 Å². The molecule has 0 atom stereocenters. The highest BCUT2D eigenvalue weighted by Gasteiger charge is 2.14. The topological polar surface area (TPSA) is 68.9 Å². The Hall–Kier alpha value is -3.38. The third kappa shape index (κ3) is 4.86. The highest BCUT2D eigenvalue weighted by molar-refractivity contribution is 6.30. The summed E-state index contributed by atoms with van der Waals surface area (Å²) >= 11 is 5.97. The van der Waals surface area contributed by atoms with Gasteiger partial charge in [0.25, 0.3) is 0 Å². The number of aryl methyl sites for hydroxylation is 1. The standard InChI is InChI=1S/C24H23ClN4O2/c1-17-7-9-18(10-8-17)16-29-21-6-3-11-27-23(21)28(24(29)31)13-12-26-22(30)15-19-4-2-5-20(25)14-19/h2-11,14H,12-13,15-16H2,1H3,(H,26,30). The van der Waals surface area contributed by atoms with Crippen LogP contribution in [0.5, 0.6) is 0 Å². The minimum absolute atomic E-state index is 0.119. The van der Waals surface area contributed by atoms with Gasteiger partial charge in [0.1, 0.15) is 0 Å². The number of aromatic nitrogens is 3. The number of carbonyl (C=O) groups excluding carboxylic acids is 1.